The van der Waals surface area contributed by atoms with Crippen LogP contribution in [-0.2, 0) is 4.79 Å². The van der Waals surface area contributed by atoms with Gasteiger partial charge < -0.3 is 19.1 Å². The Morgan fingerprint density at radius 1 is 0.853 bits per heavy atom. The molecule has 0 radical (unpaired) electrons. The summed E-state index contributed by atoms with van der Waals surface area (Å²) in [5.41, 5.74) is 4.14. The van der Waals surface area contributed by atoms with E-state index in [4.69, 9.17) is 4.74 Å². The van der Waals surface area contributed by atoms with Gasteiger partial charge in [-0.25, -0.2) is 0 Å². The van der Waals surface area contributed by atoms with Gasteiger partial charge in [0.25, 0.3) is 5.91 Å². The second kappa shape index (κ2) is 9.37. The minimum Gasteiger partial charge on any atom is -0.497 e. The van der Waals surface area contributed by atoms with Crippen molar-refractivity contribution in [3.05, 3.63) is 71.9 Å². The first-order valence-corrected chi connectivity index (χ1v) is 11.7. The van der Waals surface area contributed by atoms with Crippen molar-refractivity contribution in [2.45, 2.75) is 27.7 Å². The highest BCUT2D eigenvalue weighted by molar-refractivity contribution is 5.97. The molecule has 1 saturated heterocycles. The maximum Gasteiger partial charge on any atom is 0.255 e. The minimum absolute atomic E-state index is 0.00444. The van der Waals surface area contributed by atoms with E-state index < -0.39 is 5.41 Å². The second-order valence-electron chi connectivity index (χ2n) is 9.76. The van der Waals surface area contributed by atoms with Gasteiger partial charge in [-0.05, 0) is 55.0 Å². The summed E-state index contributed by atoms with van der Waals surface area (Å²) in [7, 11) is 1.65. The number of piperazine rings is 1. The zero-order chi connectivity index (χ0) is 24.5. The van der Waals surface area contributed by atoms with Crippen LogP contribution in [0.25, 0.3) is 16.9 Å². The van der Waals surface area contributed by atoms with Gasteiger partial charge in [-0.1, -0.05) is 39.0 Å². The molecule has 0 saturated carbocycles. The molecule has 1 aliphatic rings. The molecule has 0 aliphatic carbocycles. The van der Waals surface area contributed by atoms with Gasteiger partial charge in [0.1, 0.15) is 5.75 Å². The van der Waals surface area contributed by atoms with Crippen molar-refractivity contribution < 1.29 is 14.3 Å². The summed E-state index contributed by atoms with van der Waals surface area (Å²) < 4.78 is 7.45. The van der Waals surface area contributed by atoms with E-state index in [0.29, 0.717) is 31.7 Å². The summed E-state index contributed by atoms with van der Waals surface area (Å²) in [5, 5.41) is 0. The predicted octanol–water partition coefficient (Wildman–Crippen LogP) is 4.79. The highest BCUT2D eigenvalue weighted by Crippen LogP contribution is 2.31. The first-order chi connectivity index (χ1) is 16.2. The molecule has 4 rings (SSSR count). The number of benzene rings is 2. The average Bonchev–Trinajstić information content (AvgIpc) is 3.20. The monoisotopic (exact) mass is 459 g/mol. The lowest BCUT2D eigenvalue weighted by molar-refractivity contribution is -0.140. The third-order valence-electron chi connectivity index (χ3n) is 6.37. The zero-order valence-electron chi connectivity index (χ0n) is 20.7. The molecule has 2 heterocycles. The molecule has 1 aliphatic heterocycles. The first kappa shape index (κ1) is 23.6. The summed E-state index contributed by atoms with van der Waals surface area (Å²) in [6.07, 6.45) is 0. The lowest BCUT2D eigenvalue weighted by atomic mass is 9.94. The van der Waals surface area contributed by atoms with Crippen LogP contribution < -0.4 is 4.74 Å². The van der Waals surface area contributed by atoms with Crippen molar-refractivity contribution in [2.24, 2.45) is 5.41 Å². The maximum absolute atomic E-state index is 13.6. The molecule has 0 atom stereocenters. The number of carbonyl (C=O) groups is 2. The molecule has 6 nitrogen and oxygen atoms in total. The highest BCUT2D eigenvalue weighted by Gasteiger charge is 2.32. The molecule has 34 heavy (non-hydrogen) atoms. The van der Waals surface area contributed by atoms with E-state index in [0.717, 1.165) is 28.4 Å². The van der Waals surface area contributed by atoms with Crippen LogP contribution in [0.3, 0.4) is 0 Å². The number of ether oxygens (including phenoxy) is 1. The van der Waals surface area contributed by atoms with E-state index in [-0.39, 0.29) is 11.8 Å². The van der Waals surface area contributed by atoms with Gasteiger partial charge in [0.05, 0.1) is 18.4 Å². The molecule has 0 bridgehead atoms. The van der Waals surface area contributed by atoms with Crippen molar-refractivity contribution in [2.75, 3.05) is 33.3 Å². The number of rotatable bonds is 4. The average molecular weight is 460 g/mol. The highest BCUT2D eigenvalue weighted by atomic mass is 16.5. The van der Waals surface area contributed by atoms with Crippen LogP contribution in [0.5, 0.6) is 5.75 Å². The van der Waals surface area contributed by atoms with Crippen LogP contribution in [0.4, 0.5) is 0 Å². The van der Waals surface area contributed by atoms with Gasteiger partial charge in [0.15, 0.2) is 0 Å². The van der Waals surface area contributed by atoms with E-state index in [1.807, 2.05) is 98.2 Å². The van der Waals surface area contributed by atoms with Crippen LogP contribution >= 0.6 is 0 Å². The van der Waals surface area contributed by atoms with Gasteiger partial charge in [0.2, 0.25) is 5.91 Å². The van der Waals surface area contributed by atoms with E-state index in [9.17, 15) is 9.59 Å². The summed E-state index contributed by atoms with van der Waals surface area (Å²) in [5.74, 6) is 0.926. The van der Waals surface area contributed by atoms with Crippen molar-refractivity contribution in [1.29, 1.82) is 0 Å². The van der Waals surface area contributed by atoms with Crippen LogP contribution in [0, 0.1) is 12.3 Å². The Morgan fingerprint density at radius 2 is 1.44 bits per heavy atom. The largest absolute Gasteiger partial charge is 0.497 e. The Labute approximate surface area is 201 Å². The molecule has 3 aromatic rings. The molecule has 2 amide bonds. The van der Waals surface area contributed by atoms with Gasteiger partial charge in [-0.2, -0.15) is 0 Å². The van der Waals surface area contributed by atoms with Crippen LogP contribution in [-0.4, -0.2) is 59.5 Å². The summed E-state index contributed by atoms with van der Waals surface area (Å²) >= 11 is 0. The fourth-order valence-corrected chi connectivity index (χ4v) is 4.46. The fraction of sp³-hybridized carbons (Fsp3) is 0.357. The third kappa shape index (κ3) is 4.58. The lowest BCUT2D eigenvalue weighted by Crippen LogP contribution is -2.53. The maximum atomic E-state index is 13.6. The van der Waals surface area contributed by atoms with Gasteiger partial charge in [-0.3, -0.25) is 9.59 Å². The number of methoxy groups -OCH3 is 1. The predicted molar refractivity (Wildman–Crippen MR) is 134 cm³/mol. The Bertz CT molecular complexity index is 1170. The molecule has 0 N–H and O–H groups in total. The van der Waals surface area contributed by atoms with E-state index in [1.54, 1.807) is 7.11 Å². The molecule has 6 heteroatoms. The lowest BCUT2D eigenvalue weighted by Gasteiger charge is -2.37. The zero-order valence-corrected chi connectivity index (χ0v) is 20.7. The molecule has 1 aromatic heterocycles. The number of nitrogens with zero attached hydrogens (tertiary/aromatic N) is 3. The van der Waals surface area contributed by atoms with E-state index in [2.05, 4.69) is 4.57 Å². The Kier molecular flexibility index (Phi) is 6.51. The summed E-state index contributed by atoms with van der Waals surface area (Å²) in [6, 6.07) is 19.9. The number of aromatic nitrogens is 1. The van der Waals surface area contributed by atoms with Gasteiger partial charge in [-0.15, -0.1) is 0 Å². The van der Waals surface area contributed by atoms with E-state index >= 15 is 0 Å². The SMILES string of the molecule is COc1ccc(-c2cc(C(=O)N3CCN(C(=O)C(C)(C)C)CC3)c(C)n2-c2ccccc2)cc1. The van der Waals surface area contributed by atoms with Crippen LogP contribution in [0.2, 0.25) is 0 Å². The quantitative estimate of drug-likeness (QED) is 0.564. The standard InChI is InChI=1S/C28H33N3O3/c1-20-24(26(32)29-15-17-30(18-16-29)27(33)28(2,3)4)19-25(21-11-13-23(34-5)14-12-21)31(20)22-9-7-6-8-10-22/h6-14,19H,15-18H2,1-5H3. The second-order valence-corrected chi connectivity index (χ2v) is 9.76. The summed E-state index contributed by atoms with van der Waals surface area (Å²) in [6.45, 7) is 9.99. The molecular weight excluding hydrogens is 426 g/mol. The molecule has 0 spiro atoms. The Morgan fingerprint density at radius 3 is 2.00 bits per heavy atom. The number of hydrogen-bond acceptors (Lipinski definition) is 3. The molecule has 1 fully saturated rings. The third-order valence-corrected chi connectivity index (χ3v) is 6.37. The first-order valence-electron chi connectivity index (χ1n) is 11.7. The number of para-hydroxylation sites is 1. The van der Waals surface area contributed by atoms with Crippen molar-refractivity contribution in [3.63, 3.8) is 0 Å². The topological polar surface area (TPSA) is 54.8 Å². The fourth-order valence-electron chi connectivity index (χ4n) is 4.46. The molecule has 0 unspecified atom stereocenters. The van der Waals surface area contributed by atoms with Crippen molar-refractivity contribution in [1.82, 2.24) is 14.4 Å². The van der Waals surface area contributed by atoms with Gasteiger partial charge >= 0.3 is 0 Å². The normalized spacial score (nSPS) is 14.3. The van der Waals surface area contributed by atoms with E-state index in [1.165, 1.54) is 0 Å². The smallest absolute Gasteiger partial charge is 0.255 e. The number of amides is 2. The molecular formula is C28H33N3O3. The Balaban J connectivity index is 1.65. The Hall–Kier alpha value is -3.54. The molecule has 2 aromatic carbocycles. The molecule has 178 valence electrons. The number of hydrogen-bond donors (Lipinski definition) is 0. The summed E-state index contributed by atoms with van der Waals surface area (Å²) in [4.78, 5) is 30.0. The number of carbonyl (C=O) groups excluding carboxylic acids is 2. The van der Waals surface area contributed by atoms with Gasteiger partial charge in [0, 0.05) is 43.0 Å². The van der Waals surface area contributed by atoms with Crippen LogP contribution in [0.15, 0.2) is 60.7 Å². The minimum atomic E-state index is -0.414. The van der Waals surface area contributed by atoms with Crippen molar-refractivity contribution in [3.8, 4) is 22.7 Å². The van der Waals surface area contributed by atoms with Crippen molar-refractivity contribution >= 4 is 11.8 Å². The van der Waals surface area contributed by atoms with Crippen LogP contribution in [0.1, 0.15) is 36.8 Å².